The first-order valence-electron chi connectivity index (χ1n) is 11.2. The Morgan fingerprint density at radius 1 is 1.00 bits per heavy atom. The van der Waals surface area contributed by atoms with E-state index in [4.69, 9.17) is 14.2 Å². The van der Waals surface area contributed by atoms with E-state index in [1.165, 1.54) is 28.6 Å². The van der Waals surface area contributed by atoms with E-state index in [9.17, 15) is 18.0 Å². The van der Waals surface area contributed by atoms with Crippen molar-refractivity contribution in [3.63, 3.8) is 0 Å². The molecule has 0 unspecified atom stereocenters. The van der Waals surface area contributed by atoms with E-state index in [2.05, 4.69) is 5.32 Å². The maximum Gasteiger partial charge on any atom is 0.338 e. The third kappa shape index (κ3) is 5.51. The summed E-state index contributed by atoms with van der Waals surface area (Å²) in [6.45, 7) is 5.46. The second-order valence-corrected chi connectivity index (χ2v) is 10.7. The number of benzene rings is 2. The van der Waals surface area contributed by atoms with Crippen molar-refractivity contribution in [3.05, 3.63) is 48.0 Å². The molecule has 2 atom stereocenters. The zero-order chi connectivity index (χ0) is 24.3. The highest BCUT2D eigenvalue weighted by Gasteiger charge is 2.31. The van der Waals surface area contributed by atoms with E-state index in [-0.39, 0.29) is 10.5 Å². The Morgan fingerprint density at radius 2 is 1.65 bits per heavy atom. The number of fused-ring (bicyclic) bond motifs is 1. The smallest absolute Gasteiger partial charge is 0.338 e. The van der Waals surface area contributed by atoms with Crippen LogP contribution in [0.2, 0.25) is 0 Å². The fourth-order valence-corrected chi connectivity index (χ4v) is 5.93. The quantitative estimate of drug-likeness (QED) is 0.623. The number of sulfonamides is 1. The molecular weight excluding hydrogens is 460 g/mol. The van der Waals surface area contributed by atoms with Crippen LogP contribution in [0.1, 0.15) is 30.6 Å². The summed E-state index contributed by atoms with van der Waals surface area (Å²) < 4.78 is 43.4. The van der Waals surface area contributed by atoms with Gasteiger partial charge in [0.25, 0.3) is 5.91 Å². The molecule has 1 N–H and O–H groups in total. The molecule has 9 nitrogen and oxygen atoms in total. The van der Waals surface area contributed by atoms with Crippen molar-refractivity contribution in [3.8, 4) is 11.5 Å². The number of rotatable bonds is 6. The highest BCUT2D eigenvalue weighted by Crippen LogP contribution is 2.32. The monoisotopic (exact) mass is 488 g/mol. The van der Waals surface area contributed by atoms with Gasteiger partial charge >= 0.3 is 5.97 Å². The first-order valence-corrected chi connectivity index (χ1v) is 12.6. The van der Waals surface area contributed by atoms with Gasteiger partial charge in [-0.15, -0.1) is 0 Å². The summed E-state index contributed by atoms with van der Waals surface area (Å²) in [5.41, 5.74) is 0.646. The van der Waals surface area contributed by atoms with Crippen LogP contribution in [0.25, 0.3) is 0 Å². The Kier molecular flexibility index (Phi) is 7.08. The number of nitrogens with one attached hydrogen (secondary N) is 1. The summed E-state index contributed by atoms with van der Waals surface area (Å²) in [6, 6.07) is 10.6. The average Bonchev–Trinajstić information content (AvgIpc) is 2.82. The van der Waals surface area contributed by atoms with Crippen molar-refractivity contribution in [1.82, 2.24) is 4.31 Å². The summed E-state index contributed by atoms with van der Waals surface area (Å²) in [7, 11) is -3.64. The van der Waals surface area contributed by atoms with Crippen LogP contribution in [0.5, 0.6) is 11.5 Å². The topological polar surface area (TPSA) is 111 Å². The van der Waals surface area contributed by atoms with Crippen molar-refractivity contribution in [1.29, 1.82) is 0 Å². The molecule has 1 saturated heterocycles. The van der Waals surface area contributed by atoms with E-state index in [1.54, 1.807) is 18.2 Å². The molecule has 4 rings (SSSR count). The number of hydrogen-bond acceptors (Lipinski definition) is 7. The number of nitrogens with zero attached hydrogens (tertiary/aromatic N) is 1. The van der Waals surface area contributed by atoms with Crippen molar-refractivity contribution in [2.75, 3.05) is 38.2 Å². The second-order valence-electron chi connectivity index (χ2n) is 8.78. The van der Waals surface area contributed by atoms with Crippen LogP contribution >= 0.6 is 0 Å². The van der Waals surface area contributed by atoms with E-state index < -0.39 is 28.5 Å². The average molecular weight is 489 g/mol. The van der Waals surface area contributed by atoms with Gasteiger partial charge in [0, 0.05) is 24.8 Å². The maximum absolute atomic E-state index is 13.0. The SMILES string of the molecule is C[C@H]1C[C@H](C)CN(S(=O)(=O)c2ccc(C(=O)OCC(=O)Nc3ccc4c(c3)OCCO4)cc2)C1. The predicted octanol–water partition coefficient (Wildman–Crippen LogP) is 2.92. The van der Waals surface area contributed by atoms with Gasteiger partial charge < -0.3 is 19.5 Å². The molecule has 0 spiro atoms. The van der Waals surface area contributed by atoms with Crippen LogP contribution in [0.15, 0.2) is 47.4 Å². The van der Waals surface area contributed by atoms with Crippen LogP contribution in [-0.2, 0) is 19.6 Å². The Bertz CT molecular complexity index is 1150. The zero-order valence-electron chi connectivity index (χ0n) is 19.2. The van der Waals surface area contributed by atoms with Gasteiger partial charge in [0.2, 0.25) is 10.0 Å². The van der Waals surface area contributed by atoms with Crippen LogP contribution < -0.4 is 14.8 Å². The molecular formula is C24H28N2O7S. The minimum atomic E-state index is -3.64. The summed E-state index contributed by atoms with van der Waals surface area (Å²) in [5, 5.41) is 2.63. The molecule has 0 aromatic heterocycles. The summed E-state index contributed by atoms with van der Waals surface area (Å²) >= 11 is 0. The van der Waals surface area contributed by atoms with Gasteiger partial charge in [0.05, 0.1) is 10.5 Å². The fourth-order valence-electron chi connectivity index (χ4n) is 4.25. The van der Waals surface area contributed by atoms with E-state index in [0.29, 0.717) is 55.3 Å². The molecule has 0 bridgehead atoms. The normalized spacial score (nSPS) is 20.4. The van der Waals surface area contributed by atoms with Gasteiger partial charge in [-0.3, -0.25) is 4.79 Å². The van der Waals surface area contributed by atoms with Crippen molar-refractivity contribution in [2.45, 2.75) is 25.2 Å². The number of ether oxygens (including phenoxy) is 3. The van der Waals surface area contributed by atoms with E-state index >= 15 is 0 Å². The Morgan fingerprint density at radius 3 is 2.32 bits per heavy atom. The van der Waals surface area contributed by atoms with Gasteiger partial charge in [0.1, 0.15) is 13.2 Å². The molecule has 2 aliphatic rings. The van der Waals surface area contributed by atoms with Crippen molar-refractivity contribution >= 4 is 27.6 Å². The highest BCUT2D eigenvalue weighted by molar-refractivity contribution is 7.89. The number of carbonyl (C=O) groups excluding carboxylic acids is 2. The van der Waals surface area contributed by atoms with Crippen LogP contribution in [0.4, 0.5) is 5.69 Å². The maximum atomic E-state index is 13.0. The largest absolute Gasteiger partial charge is 0.486 e. The minimum Gasteiger partial charge on any atom is -0.486 e. The second kappa shape index (κ2) is 10.0. The minimum absolute atomic E-state index is 0.127. The predicted molar refractivity (Wildman–Crippen MR) is 124 cm³/mol. The first-order chi connectivity index (χ1) is 16.2. The third-order valence-corrected chi connectivity index (χ3v) is 7.57. The molecule has 2 aromatic rings. The molecule has 0 saturated carbocycles. The van der Waals surface area contributed by atoms with E-state index in [1.807, 2.05) is 13.8 Å². The molecule has 2 aliphatic heterocycles. The summed E-state index contributed by atoms with van der Waals surface area (Å²) in [5.74, 6) is 0.483. The Balaban J connectivity index is 1.32. The standard InChI is InChI=1S/C24H28N2O7S/c1-16-11-17(2)14-26(13-16)34(29,30)20-6-3-18(4-7-20)24(28)33-15-23(27)25-19-5-8-21-22(12-19)32-10-9-31-21/h3-8,12,16-17H,9-11,13-15H2,1-2H3,(H,25,27)/t16-,17-/m0/s1. The molecule has 2 heterocycles. The highest BCUT2D eigenvalue weighted by atomic mass is 32.2. The number of anilines is 1. The molecule has 10 heteroatoms. The number of piperidine rings is 1. The Labute approximate surface area is 199 Å². The van der Waals surface area contributed by atoms with Gasteiger partial charge in [-0.25, -0.2) is 13.2 Å². The number of hydrogen-bond donors (Lipinski definition) is 1. The van der Waals surface area contributed by atoms with Gasteiger partial charge in [-0.1, -0.05) is 13.8 Å². The number of amides is 1. The van der Waals surface area contributed by atoms with Gasteiger partial charge in [-0.05, 0) is 54.7 Å². The molecule has 0 aliphatic carbocycles. The van der Waals surface area contributed by atoms with Crippen molar-refractivity contribution in [2.24, 2.45) is 11.8 Å². The number of carbonyl (C=O) groups is 2. The Hall–Kier alpha value is -3.11. The van der Waals surface area contributed by atoms with Crippen LogP contribution in [-0.4, -0.2) is 57.5 Å². The lowest BCUT2D eigenvalue weighted by atomic mass is 9.94. The van der Waals surface area contributed by atoms with Crippen molar-refractivity contribution < 1.29 is 32.2 Å². The van der Waals surface area contributed by atoms with Gasteiger partial charge in [-0.2, -0.15) is 4.31 Å². The van der Waals surface area contributed by atoms with Crippen LogP contribution in [0.3, 0.4) is 0 Å². The molecule has 0 radical (unpaired) electrons. The molecule has 34 heavy (non-hydrogen) atoms. The first kappa shape index (κ1) is 24.0. The van der Waals surface area contributed by atoms with E-state index in [0.717, 1.165) is 6.42 Å². The lowest BCUT2D eigenvalue weighted by Gasteiger charge is -2.34. The zero-order valence-corrected chi connectivity index (χ0v) is 20.0. The summed E-state index contributed by atoms with van der Waals surface area (Å²) in [6.07, 6.45) is 0.999. The van der Waals surface area contributed by atoms with Crippen LogP contribution in [0, 0.1) is 11.8 Å². The van der Waals surface area contributed by atoms with Gasteiger partial charge in [0.15, 0.2) is 18.1 Å². The molecule has 1 fully saturated rings. The number of esters is 1. The summed E-state index contributed by atoms with van der Waals surface area (Å²) in [4.78, 5) is 24.7. The lowest BCUT2D eigenvalue weighted by molar-refractivity contribution is -0.119. The molecule has 182 valence electrons. The lowest BCUT2D eigenvalue weighted by Crippen LogP contribution is -2.42. The third-order valence-electron chi connectivity index (χ3n) is 5.72. The fraction of sp³-hybridized carbons (Fsp3) is 0.417. The molecule has 2 aromatic carbocycles. The molecule has 1 amide bonds.